The molecule has 1 aromatic heterocycles. The highest BCUT2D eigenvalue weighted by atomic mass is 19.1. The molecule has 2 aromatic rings. The highest BCUT2D eigenvalue weighted by Crippen LogP contribution is 2.34. The molecule has 0 saturated carbocycles. The number of aromatic carboxylic acids is 1. The highest BCUT2D eigenvalue weighted by Gasteiger charge is 2.16. The van der Waals surface area contributed by atoms with E-state index in [4.69, 9.17) is 10.2 Å². The summed E-state index contributed by atoms with van der Waals surface area (Å²) in [6, 6.07) is 3.42. The lowest BCUT2D eigenvalue weighted by Gasteiger charge is -2.03. The smallest absolute Gasteiger partial charge is 0.353 e. The fraction of sp³-hybridized carbons (Fsp3) is 0. The first-order valence-electron chi connectivity index (χ1n) is 4.50. The number of phenolic OH excluding ortho intramolecular Hbond substituents is 2. The maximum Gasteiger partial charge on any atom is 0.353 e. The summed E-state index contributed by atoms with van der Waals surface area (Å²) in [4.78, 5) is 10.6. The Labute approximate surface area is 94.0 Å². The molecule has 0 fully saturated rings. The molecule has 0 radical (unpaired) electrons. The molecular weight excluding hydrogens is 231 g/mol. The fourth-order valence-corrected chi connectivity index (χ4v) is 1.33. The van der Waals surface area contributed by atoms with E-state index >= 15 is 0 Å². The minimum atomic E-state index is -1.22. The van der Waals surface area contributed by atoms with Gasteiger partial charge in [-0.15, -0.1) is 0 Å². The Morgan fingerprint density at radius 1 is 1.35 bits per heavy atom. The predicted molar refractivity (Wildman–Crippen MR) is 54.3 cm³/mol. The number of benzene rings is 1. The number of halogens is 1. The molecule has 2 rings (SSSR count). The maximum atomic E-state index is 13.2. The molecule has 1 aromatic carbocycles. The third kappa shape index (κ3) is 1.78. The van der Waals surface area contributed by atoms with E-state index in [1.165, 1.54) is 6.07 Å². The molecule has 0 aliphatic carbocycles. The van der Waals surface area contributed by atoms with Crippen LogP contribution in [-0.2, 0) is 0 Å². The van der Waals surface area contributed by atoms with Crippen molar-refractivity contribution in [1.29, 1.82) is 0 Å². The van der Waals surface area contributed by atoms with Crippen molar-refractivity contribution in [2.75, 3.05) is 0 Å². The van der Waals surface area contributed by atoms with Gasteiger partial charge in [0.15, 0.2) is 11.5 Å². The molecule has 88 valence electrons. The average molecular weight is 238 g/mol. The zero-order chi connectivity index (χ0) is 12.6. The summed E-state index contributed by atoms with van der Waals surface area (Å²) in [5, 5.41) is 33.0. The predicted octanol–water partition coefficient (Wildman–Crippen LogP) is 1.33. The zero-order valence-electron chi connectivity index (χ0n) is 8.31. The van der Waals surface area contributed by atoms with Crippen LogP contribution in [0.5, 0.6) is 11.5 Å². The normalized spacial score (nSPS) is 10.4. The summed E-state index contributed by atoms with van der Waals surface area (Å²) >= 11 is 0. The molecule has 17 heavy (non-hydrogen) atoms. The molecule has 1 heterocycles. The van der Waals surface area contributed by atoms with E-state index in [1.54, 1.807) is 0 Å². The molecule has 0 saturated heterocycles. The van der Waals surface area contributed by atoms with Crippen LogP contribution in [0.3, 0.4) is 0 Å². The van der Waals surface area contributed by atoms with Gasteiger partial charge in [-0.2, -0.15) is 9.49 Å². The average Bonchev–Trinajstić information content (AvgIpc) is 2.75. The lowest BCUT2D eigenvalue weighted by molar-refractivity contribution is 0.0690. The molecule has 4 N–H and O–H groups in total. The quantitative estimate of drug-likeness (QED) is 0.631. The second kappa shape index (κ2) is 3.78. The Morgan fingerprint density at radius 2 is 2.06 bits per heavy atom. The lowest BCUT2D eigenvalue weighted by atomic mass is 10.1. The van der Waals surface area contributed by atoms with Gasteiger partial charge in [0.25, 0.3) is 0 Å². The summed E-state index contributed by atoms with van der Waals surface area (Å²) < 4.78 is 13.2. The Balaban J connectivity index is 2.53. The van der Waals surface area contributed by atoms with Gasteiger partial charge in [0.2, 0.25) is 5.82 Å². The van der Waals surface area contributed by atoms with E-state index in [1.807, 2.05) is 0 Å². The van der Waals surface area contributed by atoms with Crippen LogP contribution in [0.4, 0.5) is 4.39 Å². The van der Waals surface area contributed by atoms with E-state index in [9.17, 15) is 14.3 Å². The summed E-state index contributed by atoms with van der Waals surface area (Å²) in [6.45, 7) is 0. The first-order valence-corrected chi connectivity index (χ1v) is 4.50. The number of aromatic nitrogens is 2. The number of hydrogen-bond acceptors (Lipinski definition) is 4. The first-order chi connectivity index (χ1) is 8.00. The van der Waals surface area contributed by atoms with E-state index in [2.05, 4.69) is 10.2 Å². The minimum Gasteiger partial charge on any atom is -0.505 e. The molecular formula is C10H7FN2O4. The summed E-state index contributed by atoms with van der Waals surface area (Å²) in [5.74, 6) is -3.88. The van der Waals surface area contributed by atoms with Crippen LogP contribution < -0.4 is 0 Å². The van der Waals surface area contributed by atoms with Gasteiger partial charge in [0, 0.05) is 5.56 Å². The number of phenols is 2. The molecule has 0 bridgehead atoms. The maximum absolute atomic E-state index is 13.2. The second-order valence-electron chi connectivity index (χ2n) is 3.27. The third-order valence-electron chi connectivity index (χ3n) is 2.18. The number of carbonyl (C=O) groups is 1. The topological polar surface area (TPSA) is 106 Å². The molecule has 0 aliphatic rings. The van der Waals surface area contributed by atoms with Crippen LogP contribution in [0.2, 0.25) is 0 Å². The molecule has 0 spiro atoms. The van der Waals surface area contributed by atoms with Crippen LogP contribution >= 0.6 is 0 Å². The van der Waals surface area contributed by atoms with Gasteiger partial charge >= 0.3 is 5.97 Å². The van der Waals surface area contributed by atoms with Crippen molar-refractivity contribution >= 4 is 5.97 Å². The summed E-state index contributed by atoms with van der Waals surface area (Å²) in [7, 11) is 0. The number of aromatic hydroxyl groups is 2. The molecule has 6 nitrogen and oxygen atoms in total. The van der Waals surface area contributed by atoms with Crippen LogP contribution in [0.15, 0.2) is 18.2 Å². The zero-order valence-corrected chi connectivity index (χ0v) is 8.31. The second-order valence-corrected chi connectivity index (χ2v) is 3.27. The van der Waals surface area contributed by atoms with Crippen molar-refractivity contribution < 1.29 is 24.5 Å². The lowest BCUT2D eigenvalue weighted by Crippen LogP contribution is -1.95. The standard InChI is InChI=1S/C10H7FN2O4/c11-8-7(14)2-1-4(9(8)15)5-3-6(10(16)17)13-12-5/h1-3,14-15H,(H,12,13)(H,16,17). The molecule has 7 heteroatoms. The van der Waals surface area contributed by atoms with E-state index in [-0.39, 0.29) is 17.0 Å². The number of nitrogens with zero attached hydrogens (tertiary/aromatic N) is 1. The molecule has 0 atom stereocenters. The molecule has 0 unspecified atom stereocenters. The van der Waals surface area contributed by atoms with Crippen LogP contribution in [0.25, 0.3) is 11.3 Å². The van der Waals surface area contributed by atoms with Gasteiger partial charge in [0.1, 0.15) is 5.69 Å². The van der Waals surface area contributed by atoms with Crippen molar-refractivity contribution in [2.24, 2.45) is 0 Å². The van der Waals surface area contributed by atoms with E-state index < -0.39 is 23.3 Å². The van der Waals surface area contributed by atoms with E-state index in [0.29, 0.717) is 0 Å². The number of nitrogens with one attached hydrogen (secondary N) is 1. The fourth-order valence-electron chi connectivity index (χ4n) is 1.33. The SMILES string of the molecule is O=C(O)c1cc(-c2ccc(O)c(F)c2O)n[nH]1. The minimum absolute atomic E-state index is 0.0101. The number of aromatic amines is 1. The van der Waals surface area contributed by atoms with Crippen molar-refractivity contribution in [1.82, 2.24) is 10.2 Å². The van der Waals surface area contributed by atoms with Gasteiger partial charge in [-0.3, -0.25) is 5.10 Å². The summed E-state index contributed by atoms with van der Waals surface area (Å²) in [5.41, 5.74) is -0.129. The Bertz CT molecular complexity index is 594. The van der Waals surface area contributed by atoms with Gasteiger partial charge in [-0.05, 0) is 18.2 Å². The van der Waals surface area contributed by atoms with Crippen LogP contribution in [0, 0.1) is 5.82 Å². The Kier molecular flexibility index (Phi) is 2.43. The van der Waals surface area contributed by atoms with Gasteiger partial charge in [0.05, 0.1) is 5.69 Å². The first kappa shape index (κ1) is 10.9. The number of hydrogen-bond donors (Lipinski definition) is 4. The number of carboxylic acid groups (broad SMARTS) is 1. The van der Waals surface area contributed by atoms with Crippen molar-refractivity contribution in [3.05, 3.63) is 29.7 Å². The summed E-state index contributed by atoms with van der Waals surface area (Å²) in [6.07, 6.45) is 0. The number of rotatable bonds is 2. The van der Waals surface area contributed by atoms with E-state index in [0.717, 1.165) is 12.1 Å². The van der Waals surface area contributed by atoms with Gasteiger partial charge < -0.3 is 15.3 Å². The Hall–Kier alpha value is -2.57. The number of carboxylic acids is 1. The van der Waals surface area contributed by atoms with Crippen molar-refractivity contribution in [2.45, 2.75) is 0 Å². The molecule has 0 amide bonds. The molecule has 0 aliphatic heterocycles. The third-order valence-corrected chi connectivity index (χ3v) is 2.18. The van der Waals surface area contributed by atoms with Crippen LogP contribution in [0.1, 0.15) is 10.5 Å². The largest absolute Gasteiger partial charge is 0.505 e. The van der Waals surface area contributed by atoms with Gasteiger partial charge in [-0.25, -0.2) is 4.79 Å². The highest BCUT2D eigenvalue weighted by molar-refractivity contribution is 5.87. The number of H-pyrrole nitrogens is 1. The Morgan fingerprint density at radius 3 is 2.65 bits per heavy atom. The van der Waals surface area contributed by atoms with Crippen molar-refractivity contribution in [3.8, 4) is 22.8 Å². The van der Waals surface area contributed by atoms with Crippen molar-refractivity contribution in [3.63, 3.8) is 0 Å². The monoisotopic (exact) mass is 238 g/mol. The van der Waals surface area contributed by atoms with Crippen LogP contribution in [-0.4, -0.2) is 31.5 Å². The van der Waals surface area contributed by atoms with Gasteiger partial charge in [-0.1, -0.05) is 0 Å².